The van der Waals surface area contributed by atoms with Gasteiger partial charge in [0.05, 0.1) is 15.6 Å². The first-order valence-electron chi connectivity index (χ1n) is 5.15. The van der Waals surface area contributed by atoms with Crippen LogP contribution in [0, 0.1) is 0 Å². The van der Waals surface area contributed by atoms with Crippen LogP contribution in [0.25, 0.3) is 0 Å². The first-order valence-corrected chi connectivity index (χ1v) is 7.81. The van der Waals surface area contributed by atoms with E-state index in [2.05, 4.69) is 20.7 Å². The zero-order chi connectivity index (χ0) is 14.0. The second kappa shape index (κ2) is 5.40. The number of aromatic hydroxyl groups is 1. The Hall–Kier alpha value is -1.24. The molecule has 2 aromatic carbocycles. The SMILES string of the molecule is O=S(=O)(Nc1ccc(Cl)c(Br)c1)c1ccc(O)cc1. The third kappa shape index (κ3) is 3.40. The van der Waals surface area contributed by atoms with E-state index in [0.29, 0.717) is 15.2 Å². The molecule has 2 aromatic rings. The third-order valence-corrected chi connectivity index (χ3v) is 4.93. The number of hydrogen-bond acceptors (Lipinski definition) is 3. The second-order valence-corrected chi connectivity index (χ2v) is 6.67. The highest BCUT2D eigenvalue weighted by atomic mass is 79.9. The normalized spacial score (nSPS) is 11.3. The van der Waals surface area contributed by atoms with Crippen molar-refractivity contribution < 1.29 is 13.5 Å². The van der Waals surface area contributed by atoms with Gasteiger partial charge in [0, 0.05) is 4.47 Å². The number of hydrogen-bond donors (Lipinski definition) is 2. The van der Waals surface area contributed by atoms with Crippen LogP contribution in [-0.2, 0) is 10.0 Å². The van der Waals surface area contributed by atoms with Crippen molar-refractivity contribution in [3.05, 3.63) is 52.0 Å². The predicted octanol–water partition coefficient (Wildman–Crippen LogP) is 3.61. The molecule has 0 aromatic heterocycles. The number of anilines is 1. The van der Waals surface area contributed by atoms with Crippen molar-refractivity contribution in [2.45, 2.75) is 4.90 Å². The number of rotatable bonds is 3. The van der Waals surface area contributed by atoms with Gasteiger partial charge in [0.15, 0.2) is 0 Å². The Balaban J connectivity index is 2.30. The first-order chi connectivity index (χ1) is 8.88. The zero-order valence-corrected chi connectivity index (χ0v) is 12.6. The summed E-state index contributed by atoms with van der Waals surface area (Å²) < 4.78 is 27.2. The largest absolute Gasteiger partial charge is 0.508 e. The molecule has 19 heavy (non-hydrogen) atoms. The van der Waals surface area contributed by atoms with E-state index in [-0.39, 0.29) is 10.6 Å². The molecular formula is C12H9BrClNO3S. The third-order valence-electron chi connectivity index (χ3n) is 2.32. The molecule has 4 nitrogen and oxygen atoms in total. The molecule has 7 heteroatoms. The van der Waals surface area contributed by atoms with Gasteiger partial charge in [-0.05, 0) is 58.4 Å². The molecule has 0 saturated carbocycles. The Kier molecular flexibility index (Phi) is 4.03. The van der Waals surface area contributed by atoms with Crippen LogP contribution < -0.4 is 4.72 Å². The van der Waals surface area contributed by atoms with Crippen molar-refractivity contribution in [3.63, 3.8) is 0 Å². The summed E-state index contributed by atoms with van der Waals surface area (Å²) in [6.45, 7) is 0. The maximum absolute atomic E-state index is 12.1. The first kappa shape index (κ1) is 14.2. The van der Waals surface area contributed by atoms with Crippen molar-refractivity contribution >= 4 is 43.2 Å². The molecule has 0 spiro atoms. The Bertz CT molecular complexity index is 701. The molecule has 0 heterocycles. The maximum Gasteiger partial charge on any atom is 0.261 e. The maximum atomic E-state index is 12.1. The number of benzene rings is 2. The van der Waals surface area contributed by atoms with Crippen LogP contribution in [0.3, 0.4) is 0 Å². The van der Waals surface area contributed by atoms with Crippen LogP contribution in [0.15, 0.2) is 51.8 Å². The molecule has 0 amide bonds. The van der Waals surface area contributed by atoms with Gasteiger partial charge >= 0.3 is 0 Å². The summed E-state index contributed by atoms with van der Waals surface area (Å²) in [6.07, 6.45) is 0. The van der Waals surface area contributed by atoms with Crippen LogP contribution >= 0.6 is 27.5 Å². The molecule has 0 aliphatic heterocycles. The molecule has 0 bridgehead atoms. The fourth-order valence-corrected chi connectivity index (χ4v) is 2.94. The second-order valence-electron chi connectivity index (χ2n) is 3.73. The van der Waals surface area contributed by atoms with Gasteiger partial charge in [-0.1, -0.05) is 11.6 Å². The smallest absolute Gasteiger partial charge is 0.261 e. The van der Waals surface area contributed by atoms with Gasteiger partial charge in [-0.3, -0.25) is 4.72 Å². The van der Waals surface area contributed by atoms with Gasteiger partial charge in [-0.2, -0.15) is 0 Å². The Morgan fingerprint density at radius 3 is 2.32 bits per heavy atom. The summed E-state index contributed by atoms with van der Waals surface area (Å²) in [7, 11) is -3.68. The Morgan fingerprint density at radius 2 is 1.74 bits per heavy atom. The number of halogens is 2. The highest BCUT2D eigenvalue weighted by Gasteiger charge is 2.14. The number of phenolic OH excluding ortho intramolecular Hbond substituents is 1. The van der Waals surface area contributed by atoms with Crippen LogP contribution in [0.1, 0.15) is 0 Å². The fourth-order valence-electron chi connectivity index (χ4n) is 1.40. The predicted molar refractivity (Wildman–Crippen MR) is 78.1 cm³/mol. The van der Waals surface area contributed by atoms with Gasteiger partial charge in [0.2, 0.25) is 0 Å². The van der Waals surface area contributed by atoms with E-state index in [9.17, 15) is 8.42 Å². The zero-order valence-electron chi connectivity index (χ0n) is 9.47. The van der Waals surface area contributed by atoms with Gasteiger partial charge < -0.3 is 5.11 Å². The van der Waals surface area contributed by atoms with Gasteiger partial charge in [-0.15, -0.1) is 0 Å². The van der Waals surface area contributed by atoms with E-state index < -0.39 is 10.0 Å². The van der Waals surface area contributed by atoms with E-state index >= 15 is 0 Å². The van der Waals surface area contributed by atoms with Crippen LogP contribution in [-0.4, -0.2) is 13.5 Å². The Labute approximate surface area is 124 Å². The summed E-state index contributed by atoms with van der Waals surface area (Å²) in [5.74, 6) is 0.00758. The summed E-state index contributed by atoms with van der Waals surface area (Å²) in [5, 5.41) is 9.64. The molecule has 0 aliphatic rings. The van der Waals surface area contributed by atoms with E-state index in [4.69, 9.17) is 16.7 Å². The van der Waals surface area contributed by atoms with Gasteiger partial charge in [0.25, 0.3) is 10.0 Å². The van der Waals surface area contributed by atoms with Crippen molar-refractivity contribution in [1.82, 2.24) is 0 Å². The molecule has 0 radical (unpaired) electrons. The highest BCUT2D eigenvalue weighted by molar-refractivity contribution is 9.10. The number of sulfonamides is 1. The summed E-state index contributed by atoms with van der Waals surface area (Å²) in [4.78, 5) is 0.0661. The minimum Gasteiger partial charge on any atom is -0.508 e. The average molecular weight is 363 g/mol. The molecule has 0 fully saturated rings. The van der Waals surface area contributed by atoms with E-state index in [1.165, 1.54) is 24.3 Å². The summed E-state index contributed by atoms with van der Waals surface area (Å²) in [6, 6.07) is 9.98. The quantitative estimate of drug-likeness (QED) is 0.876. The van der Waals surface area contributed by atoms with E-state index in [1.807, 2.05) is 0 Å². The summed E-state index contributed by atoms with van der Waals surface area (Å²) >= 11 is 9.05. The van der Waals surface area contributed by atoms with Crippen molar-refractivity contribution in [3.8, 4) is 5.75 Å². The fraction of sp³-hybridized carbons (Fsp3) is 0. The molecule has 2 N–H and O–H groups in total. The van der Waals surface area contributed by atoms with Crippen LogP contribution in [0.2, 0.25) is 5.02 Å². The standard InChI is InChI=1S/C12H9BrClNO3S/c13-11-7-8(1-6-12(11)14)15-19(17,18)10-4-2-9(16)3-5-10/h1-7,15-16H. The molecule has 0 unspecified atom stereocenters. The molecule has 2 rings (SSSR count). The van der Waals surface area contributed by atoms with Crippen molar-refractivity contribution in [1.29, 1.82) is 0 Å². The minimum absolute atomic E-state index is 0.00758. The van der Waals surface area contributed by atoms with Crippen LogP contribution in [0.4, 0.5) is 5.69 Å². The minimum atomic E-state index is -3.68. The van der Waals surface area contributed by atoms with Crippen LogP contribution in [0.5, 0.6) is 5.75 Å². The lowest BCUT2D eigenvalue weighted by molar-refractivity contribution is 0.475. The lowest BCUT2D eigenvalue weighted by atomic mass is 10.3. The lowest BCUT2D eigenvalue weighted by Crippen LogP contribution is -2.12. The topological polar surface area (TPSA) is 66.4 Å². The average Bonchev–Trinajstić information content (AvgIpc) is 2.34. The molecule has 0 saturated heterocycles. The van der Waals surface area contributed by atoms with Gasteiger partial charge in [-0.25, -0.2) is 8.42 Å². The van der Waals surface area contributed by atoms with Crippen molar-refractivity contribution in [2.75, 3.05) is 4.72 Å². The summed E-state index contributed by atoms with van der Waals surface area (Å²) in [5.41, 5.74) is 0.393. The number of phenols is 1. The molecule has 0 atom stereocenters. The molecule has 0 aliphatic carbocycles. The molecular weight excluding hydrogens is 354 g/mol. The lowest BCUT2D eigenvalue weighted by Gasteiger charge is -2.09. The van der Waals surface area contributed by atoms with Gasteiger partial charge in [0.1, 0.15) is 5.75 Å². The Morgan fingerprint density at radius 1 is 1.11 bits per heavy atom. The monoisotopic (exact) mass is 361 g/mol. The number of nitrogens with one attached hydrogen (secondary N) is 1. The van der Waals surface area contributed by atoms with E-state index in [1.54, 1.807) is 18.2 Å². The van der Waals surface area contributed by atoms with Crippen molar-refractivity contribution in [2.24, 2.45) is 0 Å². The molecule has 100 valence electrons. The highest BCUT2D eigenvalue weighted by Crippen LogP contribution is 2.27. The van der Waals surface area contributed by atoms with E-state index in [0.717, 1.165) is 0 Å².